The van der Waals surface area contributed by atoms with Crippen molar-refractivity contribution in [3.63, 3.8) is 0 Å². The van der Waals surface area contributed by atoms with Crippen LogP contribution >= 0.6 is 0 Å². The van der Waals surface area contributed by atoms with E-state index in [-0.39, 0.29) is 0 Å². The van der Waals surface area contributed by atoms with E-state index in [0.29, 0.717) is 11.8 Å². The van der Waals surface area contributed by atoms with E-state index in [0.717, 1.165) is 56.6 Å². The average Bonchev–Trinajstić information content (AvgIpc) is 3.21. The number of aromatic nitrogens is 3. The van der Waals surface area contributed by atoms with Crippen molar-refractivity contribution in [1.29, 1.82) is 0 Å². The highest BCUT2D eigenvalue weighted by atomic mass is 16.2. The van der Waals surface area contributed by atoms with Crippen LogP contribution in [0.25, 0.3) is 0 Å². The second-order valence-electron chi connectivity index (χ2n) is 8.07. The fourth-order valence-corrected chi connectivity index (χ4v) is 5.19. The van der Waals surface area contributed by atoms with Crippen LogP contribution in [0.2, 0.25) is 0 Å². The van der Waals surface area contributed by atoms with Crippen LogP contribution in [0.1, 0.15) is 69.5 Å². The minimum Gasteiger partial charge on any atom is -0.343 e. The molecule has 25 heavy (non-hydrogen) atoms. The summed E-state index contributed by atoms with van der Waals surface area (Å²) >= 11 is 0. The van der Waals surface area contributed by atoms with Gasteiger partial charge in [-0.25, -0.2) is 4.98 Å². The Bertz CT molecular complexity index is 550. The summed E-state index contributed by atoms with van der Waals surface area (Å²) in [5.41, 5.74) is 0. The van der Waals surface area contributed by atoms with Gasteiger partial charge in [0.05, 0.1) is 0 Å². The lowest BCUT2D eigenvalue weighted by atomic mass is 9.81. The Labute approximate surface area is 150 Å². The van der Waals surface area contributed by atoms with Crippen molar-refractivity contribution < 1.29 is 4.79 Å². The van der Waals surface area contributed by atoms with Crippen LogP contribution in [0.5, 0.6) is 0 Å². The molecule has 138 valence electrons. The molecule has 0 bridgehead atoms. The van der Waals surface area contributed by atoms with Crippen molar-refractivity contribution in [2.45, 2.75) is 69.7 Å². The minimum absolute atomic E-state index is 0.365. The van der Waals surface area contributed by atoms with E-state index >= 15 is 0 Å². The number of hydrogen-bond donors (Lipinski definition) is 1. The zero-order valence-electron chi connectivity index (χ0n) is 15.2. The van der Waals surface area contributed by atoms with Gasteiger partial charge >= 0.3 is 0 Å². The number of amides is 1. The Kier molecular flexibility index (Phi) is 5.34. The fraction of sp³-hybridized carbons (Fsp3) is 0.842. The lowest BCUT2D eigenvalue weighted by Gasteiger charge is -2.44. The standard InChI is InChI=1S/C19H31N5O/c25-18(24-12-8-16(9-13-24)19-20-14-21-22-19)7-6-15-4-3-11-23-10-2-1-5-17(15)23/h14-17H,1-13H2,(H,20,21,22)/t15-,17+/m0/s1. The molecule has 6 heteroatoms. The molecule has 4 heterocycles. The Hall–Kier alpha value is -1.43. The van der Waals surface area contributed by atoms with Crippen molar-refractivity contribution in [3.8, 4) is 0 Å². The maximum Gasteiger partial charge on any atom is 0.222 e. The van der Waals surface area contributed by atoms with Gasteiger partial charge in [-0.2, -0.15) is 5.10 Å². The van der Waals surface area contributed by atoms with Crippen molar-refractivity contribution in [1.82, 2.24) is 25.0 Å². The van der Waals surface area contributed by atoms with Crippen molar-refractivity contribution in [2.24, 2.45) is 5.92 Å². The molecule has 1 aromatic rings. The molecule has 3 fully saturated rings. The van der Waals surface area contributed by atoms with E-state index < -0.39 is 0 Å². The average molecular weight is 345 g/mol. The SMILES string of the molecule is O=C(CC[C@@H]1CCCN2CCCC[C@H]12)N1CCC(c2ncn[nH]2)CC1. The van der Waals surface area contributed by atoms with Gasteiger partial charge in [-0.05, 0) is 64.0 Å². The molecule has 3 aliphatic heterocycles. The maximum atomic E-state index is 12.7. The Morgan fingerprint density at radius 2 is 1.92 bits per heavy atom. The molecule has 1 aromatic heterocycles. The number of H-pyrrole nitrogens is 1. The number of rotatable bonds is 4. The predicted octanol–water partition coefficient (Wildman–Crippen LogP) is 2.56. The molecular formula is C19H31N5O. The Balaban J connectivity index is 1.24. The molecule has 2 atom stereocenters. The number of aromatic amines is 1. The highest BCUT2D eigenvalue weighted by molar-refractivity contribution is 5.76. The monoisotopic (exact) mass is 345 g/mol. The molecule has 4 rings (SSSR count). The summed E-state index contributed by atoms with van der Waals surface area (Å²) in [6.07, 6.45) is 12.1. The molecule has 3 saturated heterocycles. The third-order valence-electron chi connectivity index (χ3n) is 6.63. The first-order valence-corrected chi connectivity index (χ1v) is 10.2. The van der Waals surface area contributed by atoms with E-state index in [1.165, 1.54) is 45.2 Å². The molecular weight excluding hydrogens is 314 g/mol. The Morgan fingerprint density at radius 1 is 1.08 bits per heavy atom. The van der Waals surface area contributed by atoms with Crippen molar-refractivity contribution >= 4 is 5.91 Å². The lowest BCUT2D eigenvalue weighted by Crippen LogP contribution is -2.48. The summed E-state index contributed by atoms with van der Waals surface area (Å²) < 4.78 is 0. The molecule has 0 unspecified atom stereocenters. The van der Waals surface area contributed by atoms with Crippen LogP contribution in [0.3, 0.4) is 0 Å². The van der Waals surface area contributed by atoms with Crippen LogP contribution in [-0.4, -0.2) is 63.1 Å². The molecule has 0 saturated carbocycles. The number of hydrogen-bond acceptors (Lipinski definition) is 4. The lowest BCUT2D eigenvalue weighted by molar-refractivity contribution is -0.132. The largest absolute Gasteiger partial charge is 0.343 e. The second-order valence-corrected chi connectivity index (χ2v) is 8.07. The summed E-state index contributed by atoms with van der Waals surface area (Å²) in [5, 5.41) is 6.92. The van der Waals surface area contributed by atoms with Crippen LogP contribution in [-0.2, 0) is 4.79 Å². The molecule has 3 aliphatic rings. The van der Waals surface area contributed by atoms with Gasteiger partial charge in [-0.15, -0.1) is 0 Å². The van der Waals surface area contributed by atoms with Crippen molar-refractivity contribution in [3.05, 3.63) is 12.2 Å². The number of carbonyl (C=O) groups excluding carboxylic acids is 1. The Morgan fingerprint density at radius 3 is 2.72 bits per heavy atom. The number of nitrogens with one attached hydrogen (secondary N) is 1. The molecule has 1 amide bonds. The molecule has 6 nitrogen and oxygen atoms in total. The number of piperidine rings is 3. The maximum absolute atomic E-state index is 12.7. The molecule has 0 aromatic carbocycles. The second kappa shape index (κ2) is 7.85. The van der Waals surface area contributed by atoms with E-state index in [1.807, 2.05) is 0 Å². The topological polar surface area (TPSA) is 65.1 Å². The van der Waals surface area contributed by atoms with Gasteiger partial charge in [-0.3, -0.25) is 9.89 Å². The van der Waals surface area contributed by atoms with Gasteiger partial charge in [0.1, 0.15) is 12.2 Å². The zero-order valence-corrected chi connectivity index (χ0v) is 15.2. The first-order chi connectivity index (χ1) is 12.3. The normalized spacial score (nSPS) is 28.7. The summed E-state index contributed by atoms with van der Waals surface area (Å²) in [7, 11) is 0. The smallest absolute Gasteiger partial charge is 0.222 e. The van der Waals surface area contributed by atoms with E-state index in [4.69, 9.17) is 0 Å². The van der Waals surface area contributed by atoms with Crippen LogP contribution < -0.4 is 0 Å². The highest BCUT2D eigenvalue weighted by Crippen LogP contribution is 2.34. The van der Waals surface area contributed by atoms with E-state index in [2.05, 4.69) is 25.0 Å². The number of nitrogens with zero attached hydrogens (tertiary/aromatic N) is 4. The molecule has 0 radical (unpaired) electrons. The summed E-state index contributed by atoms with van der Waals surface area (Å²) in [6, 6.07) is 0.757. The van der Waals surface area contributed by atoms with Crippen LogP contribution in [0.15, 0.2) is 6.33 Å². The summed E-state index contributed by atoms with van der Waals surface area (Å²) in [6.45, 7) is 4.30. The van der Waals surface area contributed by atoms with Gasteiger partial charge in [0.25, 0.3) is 0 Å². The highest BCUT2D eigenvalue weighted by Gasteiger charge is 2.33. The zero-order chi connectivity index (χ0) is 17.1. The first kappa shape index (κ1) is 17.0. The molecule has 1 N–H and O–H groups in total. The van der Waals surface area contributed by atoms with Gasteiger partial charge < -0.3 is 9.80 Å². The van der Waals surface area contributed by atoms with E-state index in [9.17, 15) is 4.79 Å². The van der Waals surface area contributed by atoms with Crippen LogP contribution in [0, 0.1) is 5.92 Å². The van der Waals surface area contributed by atoms with Gasteiger partial charge in [0.15, 0.2) is 0 Å². The summed E-state index contributed by atoms with van der Waals surface area (Å²) in [4.78, 5) is 21.7. The van der Waals surface area contributed by atoms with Gasteiger partial charge in [-0.1, -0.05) is 6.42 Å². The van der Waals surface area contributed by atoms with E-state index in [1.54, 1.807) is 6.33 Å². The first-order valence-electron chi connectivity index (χ1n) is 10.2. The third kappa shape index (κ3) is 3.89. The number of fused-ring (bicyclic) bond motifs is 1. The van der Waals surface area contributed by atoms with Crippen molar-refractivity contribution in [2.75, 3.05) is 26.2 Å². The van der Waals surface area contributed by atoms with Gasteiger partial charge in [0, 0.05) is 31.5 Å². The van der Waals surface area contributed by atoms with Gasteiger partial charge in [0.2, 0.25) is 5.91 Å². The van der Waals surface area contributed by atoms with Crippen LogP contribution in [0.4, 0.5) is 0 Å². The number of likely N-dealkylation sites (tertiary alicyclic amines) is 1. The summed E-state index contributed by atoms with van der Waals surface area (Å²) in [5.74, 6) is 2.51. The third-order valence-corrected chi connectivity index (χ3v) is 6.63. The molecule has 0 aliphatic carbocycles. The number of carbonyl (C=O) groups is 1. The quantitative estimate of drug-likeness (QED) is 0.911. The fourth-order valence-electron chi connectivity index (χ4n) is 5.19. The predicted molar refractivity (Wildman–Crippen MR) is 96.1 cm³/mol. The molecule has 0 spiro atoms. The minimum atomic E-state index is 0.365.